The number of halogens is 2. The van der Waals surface area contributed by atoms with Crippen molar-refractivity contribution >= 4 is 21.9 Å². The van der Waals surface area contributed by atoms with Crippen molar-refractivity contribution in [1.29, 1.82) is 0 Å². The first-order valence-corrected chi connectivity index (χ1v) is 7.56. The standard InChI is InChI=1S/C13H12F2N2O2S/c1-16-10-4-20(19)5-11-12(10)6-2-8(14)9(15)3-7(6)13(18)17-11/h2-3,10,16H,4-5H2,1H3,(H,17,18). The van der Waals surface area contributed by atoms with Crippen molar-refractivity contribution in [3.8, 4) is 0 Å². The van der Waals surface area contributed by atoms with Crippen molar-refractivity contribution in [1.82, 2.24) is 10.3 Å². The van der Waals surface area contributed by atoms with Gasteiger partial charge >= 0.3 is 0 Å². The summed E-state index contributed by atoms with van der Waals surface area (Å²) < 4.78 is 38.6. The number of aromatic nitrogens is 1. The normalized spacial score (nSPS) is 22.0. The van der Waals surface area contributed by atoms with Crippen LogP contribution in [0, 0.1) is 11.6 Å². The first-order chi connectivity index (χ1) is 9.51. The molecule has 2 aromatic rings. The molecule has 0 amide bonds. The van der Waals surface area contributed by atoms with Crippen LogP contribution in [0.2, 0.25) is 0 Å². The minimum absolute atomic E-state index is 0.107. The summed E-state index contributed by atoms with van der Waals surface area (Å²) in [5.41, 5.74) is 0.726. The molecule has 0 saturated carbocycles. The SMILES string of the molecule is CNC1C[S+]([O-])Cc2[nH]c(=O)c3cc(F)c(F)cc3c21. The van der Waals surface area contributed by atoms with Gasteiger partial charge in [0.1, 0.15) is 11.5 Å². The topological polar surface area (TPSA) is 67.9 Å². The number of rotatable bonds is 1. The quantitative estimate of drug-likeness (QED) is 0.781. The van der Waals surface area contributed by atoms with Crippen molar-refractivity contribution < 1.29 is 13.3 Å². The van der Waals surface area contributed by atoms with E-state index < -0.39 is 28.4 Å². The number of hydrogen-bond donors (Lipinski definition) is 2. The van der Waals surface area contributed by atoms with Crippen molar-refractivity contribution in [3.05, 3.63) is 45.4 Å². The molecule has 1 aliphatic rings. The molecule has 20 heavy (non-hydrogen) atoms. The van der Waals surface area contributed by atoms with Gasteiger partial charge in [-0.25, -0.2) is 8.78 Å². The zero-order chi connectivity index (χ0) is 14.4. The maximum Gasteiger partial charge on any atom is 0.256 e. The van der Waals surface area contributed by atoms with Gasteiger partial charge in [-0.05, 0) is 35.7 Å². The van der Waals surface area contributed by atoms with Gasteiger partial charge in [0.25, 0.3) is 5.56 Å². The molecule has 0 saturated heterocycles. The Morgan fingerprint density at radius 1 is 1.35 bits per heavy atom. The number of pyridine rings is 1. The van der Waals surface area contributed by atoms with Gasteiger partial charge in [-0.2, -0.15) is 0 Å². The monoisotopic (exact) mass is 298 g/mol. The van der Waals surface area contributed by atoms with Crippen LogP contribution < -0.4 is 10.9 Å². The summed E-state index contributed by atoms with van der Waals surface area (Å²) in [5, 5.41) is 3.49. The molecule has 2 atom stereocenters. The van der Waals surface area contributed by atoms with Crippen LogP contribution in [0.1, 0.15) is 17.3 Å². The second-order valence-corrected chi connectivity index (χ2v) is 6.25. The van der Waals surface area contributed by atoms with E-state index in [1.165, 1.54) is 0 Å². The summed E-state index contributed by atoms with van der Waals surface area (Å²) in [4.78, 5) is 14.6. The lowest BCUT2D eigenvalue weighted by Gasteiger charge is -2.27. The number of benzene rings is 1. The minimum Gasteiger partial charge on any atom is -0.616 e. The summed E-state index contributed by atoms with van der Waals surface area (Å²) in [6, 6.07) is 1.68. The van der Waals surface area contributed by atoms with Crippen molar-refractivity contribution in [2.24, 2.45) is 0 Å². The molecule has 1 aromatic carbocycles. The van der Waals surface area contributed by atoms with Gasteiger partial charge in [0, 0.05) is 5.56 Å². The van der Waals surface area contributed by atoms with Crippen LogP contribution in [-0.2, 0) is 16.9 Å². The maximum atomic E-state index is 13.5. The molecule has 106 valence electrons. The Kier molecular flexibility index (Phi) is 3.27. The molecule has 4 nitrogen and oxygen atoms in total. The van der Waals surface area contributed by atoms with E-state index in [9.17, 15) is 18.1 Å². The third-order valence-corrected chi connectivity index (χ3v) is 4.86. The molecular formula is C13H12F2N2O2S. The summed E-state index contributed by atoms with van der Waals surface area (Å²) in [6.45, 7) is 0. The summed E-state index contributed by atoms with van der Waals surface area (Å²) in [6.07, 6.45) is 0. The van der Waals surface area contributed by atoms with Gasteiger partial charge in [0.05, 0.1) is 17.1 Å². The highest BCUT2D eigenvalue weighted by atomic mass is 32.2. The lowest BCUT2D eigenvalue weighted by atomic mass is 9.98. The van der Waals surface area contributed by atoms with Crippen molar-refractivity contribution in [3.63, 3.8) is 0 Å². The van der Waals surface area contributed by atoms with Crippen LogP contribution in [0.3, 0.4) is 0 Å². The Balaban J connectivity index is 2.39. The molecule has 7 heteroatoms. The third-order valence-electron chi connectivity index (χ3n) is 3.54. The molecule has 1 aromatic heterocycles. The molecule has 3 rings (SSSR count). The zero-order valence-electron chi connectivity index (χ0n) is 10.6. The van der Waals surface area contributed by atoms with Crippen LogP contribution in [0.5, 0.6) is 0 Å². The Morgan fingerprint density at radius 3 is 2.65 bits per heavy atom. The second-order valence-electron chi connectivity index (χ2n) is 4.75. The molecular weight excluding hydrogens is 286 g/mol. The number of nitrogens with one attached hydrogen (secondary N) is 2. The summed E-state index contributed by atoms with van der Waals surface area (Å²) >= 11 is -1.09. The molecule has 2 heterocycles. The molecule has 1 aliphatic heterocycles. The molecule has 0 aliphatic carbocycles. The number of H-pyrrole nitrogens is 1. The van der Waals surface area contributed by atoms with Gasteiger partial charge in [-0.3, -0.25) is 4.79 Å². The fourth-order valence-electron chi connectivity index (χ4n) is 2.62. The van der Waals surface area contributed by atoms with Crippen molar-refractivity contribution in [2.75, 3.05) is 12.8 Å². The van der Waals surface area contributed by atoms with E-state index >= 15 is 0 Å². The van der Waals surface area contributed by atoms with E-state index in [1.807, 2.05) is 0 Å². The predicted molar refractivity (Wildman–Crippen MR) is 73.0 cm³/mol. The van der Waals surface area contributed by atoms with Gasteiger partial charge in [-0.15, -0.1) is 0 Å². The van der Waals surface area contributed by atoms with Crippen LogP contribution in [0.25, 0.3) is 10.8 Å². The second kappa shape index (κ2) is 4.83. The van der Waals surface area contributed by atoms with E-state index in [-0.39, 0.29) is 17.2 Å². The maximum absolute atomic E-state index is 13.5. The van der Waals surface area contributed by atoms with Gasteiger partial charge in [0.2, 0.25) is 0 Å². The fourth-order valence-corrected chi connectivity index (χ4v) is 3.99. The Morgan fingerprint density at radius 2 is 2.00 bits per heavy atom. The minimum atomic E-state index is -1.09. The molecule has 2 unspecified atom stereocenters. The molecule has 0 spiro atoms. The highest BCUT2D eigenvalue weighted by Crippen LogP contribution is 2.32. The summed E-state index contributed by atoms with van der Waals surface area (Å²) in [7, 11) is 1.70. The Bertz CT molecular complexity index is 747. The largest absolute Gasteiger partial charge is 0.616 e. The van der Waals surface area contributed by atoms with Crippen LogP contribution in [-0.4, -0.2) is 22.3 Å². The Hall–Kier alpha value is -1.44. The number of fused-ring (bicyclic) bond motifs is 3. The Labute approximate surface area is 116 Å². The van der Waals surface area contributed by atoms with E-state index in [0.29, 0.717) is 22.4 Å². The van der Waals surface area contributed by atoms with Crippen LogP contribution in [0.4, 0.5) is 8.78 Å². The number of hydrogen-bond acceptors (Lipinski definition) is 3. The fraction of sp³-hybridized carbons (Fsp3) is 0.308. The van der Waals surface area contributed by atoms with Crippen LogP contribution in [0.15, 0.2) is 16.9 Å². The lowest BCUT2D eigenvalue weighted by Crippen LogP contribution is -2.34. The molecule has 0 bridgehead atoms. The first-order valence-electron chi connectivity index (χ1n) is 6.07. The summed E-state index contributed by atoms with van der Waals surface area (Å²) in [5.74, 6) is -1.45. The van der Waals surface area contributed by atoms with E-state index in [2.05, 4.69) is 10.3 Å². The smallest absolute Gasteiger partial charge is 0.256 e. The molecule has 2 N–H and O–H groups in total. The van der Waals surface area contributed by atoms with Gasteiger partial charge in [0.15, 0.2) is 11.6 Å². The average Bonchev–Trinajstić information content (AvgIpc) is 2.40. The van der Waals surface area contributed by atoms with E-state index in [0.717, 1.165) is 12.1 Å². The third kappa shape index (κ3) is 2.02. The van der Waals surface area contributed by atoms with E-state index in [1.54, 1.807) is 7.05 Å². The van der Waals surface area contributed by atoms with Gasteiger partial charge in [-0.1, -0.05) is 0 Å². The van der Waals surface area contributed by atoms with Gasteiger partial charge < -0.3 is 14.9 Å². The van der Waals surface area contributed by atoms with Crippen LogP contribution >= 0.6 is 0 Å². The van der Waals surface area contributed by atoms with E-state index in [4.69, 9.17) is 0 Å². The lowest BCUT2D eigenvalue weighted by molar-refractivity contribution is 0.510. The first kappa shape index (κ1) is 13.5. The molecule has 0 fully saturated rings. The highest BCUT2D eigenvalue weighted by molar-refractivity contribution is 7.90. The molecule has 0 radical (unpaired) electrons. The predicted octanol–water partition coefficient (Wildman–Crippen LogP) is 1.33. The van der Waals surface area contributed by atoms with Crippen molar-refractivity contribution in [2.45, 2.75) is 11.8 Å². The zero-order valence-corrected chi connectivity index (χ0v) is 11.4. The highest BCUT2D eigenvalue weighted by Gasteiger charge is 2.31. The average molecular weight is 298 g/mol. The number of aromatic amines is 1.